The Hall–Kier alpha value is -1.71. The summed E-state index contributed by atoms with van der Waals surface area (Å²) in [6.45, 7) is 1.79. The van der Waals surface area contributed by atoms with Crippen molar-refractivity contribution in [3.8, 4) is 5.75 Å². The number of anilines is 1. The van der Waals surface area contributed by atoms with Crippen LogP contribution in [0, 0.1) is 0 Å². The molecule has 4 nitrogen and oxygen atoms in total. The zero-order valence-corrected chi connectivity index (χ0v) is 7.24. The van der Waals surface area contributed by atoms with Crippen molar-refractivity contribution in [2.45, 2.75) is 13.3 Å². The van der Waals surface area contributed by atoms with Gasteiger partial charge in [0, 0.05) is 0 Å². The second-order valence-corrected chi connectivity index (χ2v) is 2.68. The molecule has 1 aromatic carbocycles. The highest BCUT2D eigenvalue weighted by atomic mass is 16.4. The number of carboxylic acids is 1. The number of rotatable bonds is 2. The predicted octanol–water partition coefficient (Wildman–Crippen LogP) is 1.23. The van der Waals surface area contributed by atoms with Crippen molar-refractivity contribution in [1.82, 2.24) is 0 Å². The first-order chi connectivity index (χ1) is 6.07. The molecule has 0 aromatic heterocycles. The Kier molecular flexibility index (Phi) is 2.41. The highest BCUT2D eigenvalue weighted by molar-refractivity contribution is 5.92. The molecule has 4 N–H and O–H groups in total. The molecule has 4 heteroatoms. The minimum absolute atomic E-state index is 0.0677. The average Bonchev–Trinajstić information content (AvgIpc) is 2.09. The minimum Gasteiger partial charge on any atom is -0.506 e. The molecule has 0 spiro atoms. The summed E-state index contributed by atoms with van der Waals surface area (Å²) >= 11 is 0. The molecule has 0 unspecified atom stereocenters. The van der Waals surface area contributed by atoms with Crippen LogP contribution in [0.25, 0.3) is 0 Å². The van der Waals surface area contributed by atoms with Gasteiger partial charge in [0.2, 0.25) is 0 Å². The minimum atomic E-state index is -1.02. The smallest absolute Gasteiger partial charge is 0.336 e. The molecule has 0 heterocycles. The monoisotopic (exact) mass is 181 g/mol. The van der Waals surface area contributed by atoms with E-state index in [1.807, 2.05) is 0 Å². The molecule has 0 fully saturated rings. The van der Waals surface area contributed by atoms with Crippen LogP contribution >= 0.6 is 0 Å². The lowest BCUT2D eigenvalue weighted by atomic mass is 10.0. The Labute approximate surface area is 75.6 Å². The number of nitrogen functional groups attached to an aromatic ring is 1. The number of phenols is 1. The first-order valence-corrected chi connectivity index (χ1v) is 3.91. The Balaban J connectivity index is 3.38. The summed E-state index contributed by atoms with van der Waals surface area (Å²) in [5, 5.41) is 18.0. The van der Waals surface area contributed by atoms with Crippen LogP contribution in [0.15, 0.2) is 12.1 Å². The summed E-state index contributed by atoms with van der Waals surface area (Å²) in [7, 11) is 0. The summed E-state index contributed by atoms with van der Waals surface area (Å²) in [5.74, 6) is -1.09. The largest absolute Gasteiger partial charge is 0.506 e. The van der Waals surface area contributed by atoms with E-state index in [0.29, 0.717) is 12.0 Å². The molecule has 0 aliphatic rings. The number of aromatic carboxylic acids is 1. The Morgan fingerprint density at radius 1 is 1.54 bits per heavy atom. The fraction of sp³-hybridized carbons (Fsp3) is 0.222. The van der Waals surface area contributed by atoms with Crippen LogP contribution in [-0.4, -0.2) is 16.2 Å². The van der Waals surface area contributed by atoms with Gasteiger partial charge in [-0.2, -0.15) is 0 Å². The lowest BCUT2D eigenvalue weighted by molar-refractivity contribution is 0.0696. The number of hydrogen-bond acceptors (Lipinski definition) is 3. The van der Waals surface area contributed by atoms with E-state index in [-0.39, 0.29) is 17.0 Å². The third kappa shape index (κ3) is 1.56. The molecule has 0 aliphatic carbocycles. The van der Waals surface area contributed by atoms with Gasteiger partial charge in [-0.15, -0.1) is 0 Å². The molecule has 13 heavy (non-hydrogen) atoms. The molecule has 0 atom stereocenters. The van der Waals surface area contributed by atoms with E-state index in [0.717, 1.165) is 0 Å². The lowest BCUT2D eigenvalue weighted by Crippen LogP contribution is -2.05. The molecular weight excluding hydrogens is 170 g/mol. The maximum Gasteiger partial charge on any atom is 0.336 e. The third-order valence-electron chi connectivity index (χ3n) is 1.92. The van der Waals surface area contributed by atoms with Gasteiger partial charge in [0.25, 0.3) is 0 Å². The van der Waals surface area contributed by atoms with Crippen LogP contribution in [0.5, 0.6) is 5.75 Å². The van der Waals surface area contributed by atoms with Crippen LogP contribution in [-0.2, 0) is 6.42 Å². The van der Waals surface area contributed by atoms with Gasteiger partial charge < -0.3 is 15.9 Å². The van der Waals surface area contributed by atoms with Gasteiger partial charge in [-0.25, -0.2) is 4.79 Å². The Morgan fingerprint density at radius 2 is 2.15 bits per heavy atom. The van der Waals surface area contributed by atoms with Crippen LogP contribution in [0.3, 0.4) is 0 Å². The molecule has 0 bridgehead atoms. The van der Waals surface area contributed by atoms with Crippen LogP contribution < -0.4 is 5.73 Å². The number of nitrogens with two attached hydrogens (primary N) is 1. The van der Waals surface area contributed by atoms with E-state index in [2.05, 4.69) is 0 Å². The fourth-order valence-corrected chi connectivity index (χ4v) is 1.23. The molecule has 70 valence electrons. The Bertz CT molecular complexity index is 347. The van der Waals surface area contributed by atoms with Gasteiger partial charge >= 0.3 is 5.97 Å². The first-order valence-electron chi connectivity index (χ1n) is 3.91. The van der Waals surface area contributed by atoms with Crippen molar-refractivity contribution in [1.29, 1.82) is 0 Å². The van der Waals surface area contributed by atoms with Crippen molar-refractivity contribution >= 4 is 11.7 Å². The molecule has 1 rings (SSSR count). The molecule has 0 aliphatic heterocycles. The number of phenolic OH excluding ortho intramolecular Hbond substituents is 1. The van der Waals surface area contributed by atoms with Gasteiger partial charge in [-0.05, 0) is 24.1 Å². The molecule has 0 amide bonds. The maximum absolute atomic E-state index is 10.7. The molecular formula is C9H11NO3. The number of benzene rings is 1. The molecule has 0 radical (unpaired) electrons. The SMILES string of the molecule is CCc1c(C(=O)O)ccc(O)c1N. The van der Waals surface area contributed by atoms with E-state index in [1.165, 1.54) is 12.1 Å². The number of aromatic hydroxyl groups is 1. The zero-order chi connectivity index (χ0) is 10.0. The Morgan fingerprint density at radius 3 is 2.62 bits per heavy atom. The molecule has 0 saturated heterocycles. The van der Waals surface area contributed by atoms with Gasteiger partial charge in [-0.3, -0.25) is 0 Å². The number of carbonyl (C=O) groups is 1. The van der Waals surface area contributed by atoms with Crippen LogP contribution in [0.4, 0.5) is 5.69 Å². The average molecular weight is 181 g/mol. The summed E-state index contributed by atoms with van der Waals surface area (Å²) in [6, 6.07) is 2.64. The van der Waals surface area contributed by atoms with Gasteiger partial charge in [0.15, 0.2) is 0 Å². The number of carboxylic acid groups (broad SMARTS) is 1. The predicted molar refractivity (Wildman–Crippen MR) is 48.9 cm³/mol. The normalized spacial score (nSPS) is 9.92. The topological polar surface area (TPSA) is 83.5 Å². The second-order valence-electron chi connectivity index (χ2n) is 2.68. The lowest BCUT2D eigenvalue weighted by Gasteiger charge is -2.08. The van der Waals surface area contributed by atoms with E-state index in [4.69, 9.17) is 10.8 Å². The van der Waals surface area contributed by atoms with Crippen molar-refractivity contribution in [3.63, 3.8) is 0 Å². The summed E-state index contributed by atoms with van der Waals surface area (Å²) in [5.41, 5.74) is 6.30. The molecule has 0 saturated carbocycles. The van der Waals surface area contributed by atoms with E-state index in [9.17, 15) is 9.90 Å². The van der Waals surface area contributed by atoms with Gasteiger partial charge in [-0.1, -0.05) is 6.92 Å². The van der Waals surface area contributed by atoms with Gasteiger partial charge in [0.1, 0.15) is 5.75 Å². The van der Waals surface area contributed by atoms with Crippen molar-refractivity contribution in [2.75, 3.05) is 5.73 Å². The summed E-state index contributed by atoms with van der Waals surface area (Å²) in [4.78, 5) is 10.7. The quantitative estimate of drug-likeness (QED) is 0.473. The maximum atomic E-state index is 10.7. The highest BCUT2D eigenvalue weighted by Crippen LogP contribution is 2.27. The van der Waals surface area contributed by atoms with E-state index >= 15 is 0 Å². The fourth-order valence-electron chi connectivity index (χ4n) is 1.23. The second kappa shape index (κ2) is 3.35. The highest BCUT2D eigenvalue weighted by Gasteiger charge is 2.13. The van der Waals surface area contributed by atoms with Crippen molar-refractivity contribution < 1.29 is 15.0 Å². The van der Waals surface area contributed by atoms with Gasteiger partial charge in [0.05, 0.1) is 11.3 Å². The van der Waals surface area contributed by atoms with Crippen LogP contribution in [0.1, 0.15) is 22.8 Å². The van der Waals surface area contributed by atoms with Crippen molar-refractivity contribution in [3.05, 3.63) is 23.3 Å². The number of hydrogen-bond donors (Lipinski definition) is 3. The summed E-state index contributed by atoms with van der Waals surface area (Å²) < 4.78 is 0. The van der Waals surface area contributed by atoms with E-state index in [1.54, 1.807) is 6.92 Å². The van der Waals surface area contributed by atoms with Crippen LogP contribution in [0.2, 0.25) is 0 Å². The van der Waals surface area contributed by atoms with Crippen molar-refractivity contribution in [2.24, 2.45) is 0 Å². The zero-order valence-electron chi connectivity index (χ0n) is 7.24. The van der Waals surface area contributed by atoms with E-state index < -0.39 is 5.97 Å². The molecule has 1 aromatic rings. The standard InChI is InChI=1S/C9H11NO3/c1-2-5-6(9(12)13)3-4-7(11)8(5)10/h3-4,11H,2,10H2,1H3,(H,12,13). The summed E-state index contributed by atoms with van der Waals surface area (Å²) in [6.07, 6.45) is 0.488. The first kappa shape index (κ1) is 9.38. The third-order valence-corrected chi connectivity index (χ3v) is 1.92.